The Kier molecular flexibility index (Phi) is 4.81. The molecule has 0 N–H and O–H groups in total. The number of unbranched alkanes of at least 4 members (excludes halogenated alkanes) is 1. The number of nitrogens with zero attached hydrogens (tertiary/aromatic N) is 2. The predicted octanol–water partition coefficient (Wildman–Crippen LogP) is 4.06. The Hall–Kier alpha value is -0.600. The number of piperidine rings is 1. The summed E-state index contributed by atoms with van der Waals surface area (Å²) in [7, 11) is 0. The van der Waals surface area contributed by atoms with Crippen LogP contribution < -0.4 is 0 Å². The van der Waals surface area contributed by atoms with Crippen LogP contribution in [0.2, 0.25) is 5.15 Å². The molecule has 0 aliphatic carbocycles. The molecule has 2 nitrogen and oxygen atoms in total. The van der Waals surface area contributed by atoms with Crippen molar-refractivity contribution in [3.8, 4) is 0 Å². The zero-order valence-corrected chi connectivity index (χ0v) is 11.3. The lowest BCUT2D eigenvalue weighted by Crippen LogP contribution is -2.34. The summed E-state index contributed by atoms with van der Waals surface area (Å²) < 4.78 is 0. The normalized spacial score (nSPS) is 21.6. The monoisotopic (exact) mass is 252 g/mol. The average molecular weight is 253 g/mol. The molecule has 1 saturated heterocycles. The summed E-state index contributed by atoms with van der Waals surface area (Å²) in [5.74, 6) is 0. The molecule has 2 heterocycles. The number of hydrogen-bond donors (Lipinski definition) is 0. The molecule has 0 radical (unpaired) electrons. The Balaban J connectivity index is 2.13. The van der Waals surface area contributed by atoms with E-state index >= 15 is 0 Å². The highest BCUT2D eigenvalue weighted by atomic mass is 35.5. The van der Waals surface area contributed by atoms with E-state index in [1.54, 1.807) is 6.20 Å². The maximum Gasteiger partial charge on any atom is 0.133 e. The second-order valence-corrected chi connectivity index (χ2v) is 5.14. The Morgan fingerprint density at radius 2 is 2.35 bits per heavy atom. The van der Waals surface area contributed by atoms with Crippen molar-refractivity contribution in [3.05, 3.63) is 29.0 Å². The average Bonchev–Trinajstić information content (AvgIpc) is 2.37. The molecule has 0 amide bonds. The van der Waals surface area contributed by atoms with Crippen molar-refractivity contribution in [3.63, 3.8) is 0 Å². The first-order chi connectivity index (χ1) is 8.33. The highest BCUT2D eigenvalue weighted by Crippen LogP contribution is 2.33. The summed E-state index contributed by atoms with van der Waals surface area (Å²) in [6.07, 6.45) is 8.13. The lowest BCUT2D eigenvalue weighted by molar-refractivity contribution is 0.146. The fourth-order valence-corrected chi connectivity index (χ4v) is 2.86. The number of halogens is 1. The molecule has 0 aromatic carbocycles. The summed E-state index contributed by atoms with van der Waals surface area (Å²) in [5.41, 5.74) is 1.21. The molecule has 1 aromatic rings. The van der Waals surface area contributed by atoms with E-state index < -0.39 is 0 Å². The molecule has 2 rings (SSSR count). The first-order valence-electron chi connectivity index (χ1n) is 6.67. The number of pyridine rings is 1. The molecule has 0 saturated carbocycles. The van der Waals surface area contributed by atoms with Crippen LogP contribution >= 0.6 is 11.6 Å². The van der Waals surface area contributed by atoms with Crippen LogP contribution in [0.25, 0.3) is 0 Å². The highest BCUT2D eigenvalue weighted by molar-refractivity contribution is 6.30. The quantitative estimate of drug-likeness (QED) is 0.752. The van der Waals surface area contributed by atoms with Gasteiger partial charge in [-0.25, -0.2) is 4.98 Å². The van der Waals surface area contributed by atoms with Crippen LogP contribution in [0.1, 0.15) is 50.6 Å². The van der Waals surface area contributed by atoms with E-state index in [1.165, 1.54) is 50.8 Å². The van der Waals surface area contributed by atoms with Crippen LogP contribution in [0.5, 0.6) is 0 Å². The van der Waals surface area contributed by atoms with Crippen LogP contribution in [0.15, 0.2) is 18.3 Å². The zero-order valence-electron chi connectivity index (χ0n) is 10.5. The topological polar surface area (TPSA) is 16.1 Å². The predicted molar refractivity (Wildman–Crippen MR) is 72.3 cm³/mol. The SMILES string of the molecule is CCCCN1CCCC[C@@H]1c1cccnc1Cl. The van der Waals surface area contributed by atoms with Crippen LogP contribution in [0.3, 0.4) is 0 Å². The maximum absolute atomic E-state index is 6.22. The first kappa shape index (κ1) is 12.8. The molecule has 1 fully saturated rings. The molecular weight excluding hydrogens is 232 g/mol. The van der Waals surface area contributed by atoms with Gasteiger partial charge < -0.3 is 0 Å². The fraction of sp³-hybridized carbons (Fsp3) is 0.643. The third kappa shape index (κ3) is 3.20. The van der Waals surface area contributed by atoms with Gasteiger partial charge in [-0.2, -0.15) is 0 Å². The van der Waals surface area contributed by atoms with Gasteiger partial charge in [-0.1, -0.05) is 37.4 Å². The summed E-state index contributed by atoms with van der Waals surface area (Å²) >= 11 is 6.22. The fourth-order valence-electron chi connectivity index (χ4n) is 2.62. The Labute approximate surface area is 109 Å². The number of likely N-dealkylation sites (tertiary alicyclic amines) is 1. The molecule has 94 valence electrons. The van der Waals surface area contributed by atoms with E-state index in [-0.39, 0.29) is 0 Å². The van der Waals surface area contributed by atoms with Crippen molar-refractivity contribution in [1.29, 1.82) is 0 Å². The minimum absolute atomic E-state index is 0.483. The summed E-state index contributed by atoms with van der Waals surface area (Å²) in [5, 5.41) is 0.681. The van der Waals surface area contributed by atoms with Gasteiger partial charge in [-0.15, -0.1) is 0 Å². The van der Waals surface area contributed by atoms with Crippen molar-refractivity contribution in [2.75, 3.05) is 13.1 Å². The summed E-state index contributed by atoms with van der Waals surface area (Å²) in [4.78, 5) is 6.79. The van der Waals surface area contributed by atoms with Crippen LogP contribution in [-0.4, -0.2) is 23.0 Å². The van der Waals surface area contributed by atoms with E-state index in [2.05, 4.69) is 22.9 Å². The van der Waals surface area contributed by atoms with Crippen molar-refractivity contribution in [1.82, 2.24) is 9.88 Å². The van der Waals surface area contributed by atoms with Gasteiger partial charge in [0.05, 0.1) is 0 Å². The molecule has 1 atom stereocenters. The van der Waals surface area contributed by atoms with E-state index in [0.717, 1.165) is 0 Å². The lowest BCUT2D eigenvalue weighted by atomic mass is 9.96. The zero-order chi connectivity index (χ0) is 12.1. The van der Waals surface area contributed by atoms with Crippen molar-refractivity contribution >= 4 is 11.6 Å². The van der Waals surface area contributed by atoms with Gasteiger partial charge in [0.15, 0.2) is 0 Å². The molecule has 3 heteroatoms. The van der Waals surface area contributed by atoms with E-state index in [1.807, 2.05) is 6.07 Å². The Morgan fingerprint density at radius 1 is 1.47 bits per heavy atom. The van der Waals surface area contributed by atoms with Crippen molar-refractivity contribution in [2.45, 2.75) is 45.1 Å². The highest BCUT2D eigenvalue weighted by Gasteiger charge is 2.25. The van der Waals surface area contributed by atoms with E-state index in [9.17, 15) is 0 Å². The number of hydrogen-bond acceptors (Lipinski definition) is 2. The van der Waals surface area contributed by atoms with Gasteiger partial charge in [-0.05, 0) is 38.4 Å². The third-order valence-corrected chi connectivity index (χ3v) is 3.88. The van der Waals surface area contributed by atoms with Gasteiger partial charge in [0, 0.05) is 17.8 Å². The van der Waals surface area contributed by atoms with Crippen molar-refractivity contribution < 1.29 is 0 Å². The Morgan fingerprint density at radius 3 is 3.12 bits per heavy atom. The summed E-state index contributed by atoms with van der Waals surface area (Å²) in [6, 6.07) is 4.61. The second-order valence-electron chi connectivity index (χ2n) is 4.78. The Bertz CT molecular complexity index is 354. The molecule has 1 aromatic heterocycles. The molecule has 1 aliphatic rings. The van der Waals surface area contributed by atoms with Crippen LogP contribution in [-0.2, 0) is 0 Å². The van der Waals surface area contributed by atoms with Gasteiger partial charge in [0.2, 0.25) is 0 Å². The minimum atomic E-state index is 0.483. The standard InChI is InChI=1S/C14H21ClN2/c1-2-3-10-17-11-5-4-8-13(17)12-7-6-9-16-14(12)15/h6-7,9,13H,2-5,8,10-11H2,1H3/t13-/m1/s1. The molecule has 0 unspecified atom stereocenters. The van der Waals surface area contributed by atoms with E-state index in [4.69, 9.17) is 11.6 Å². The molecule has 1 aliphatic heterocycles. The molecular formula is C14H21ClN2. The molecule has 0 spiro atoms. The number of aromatic nitrogens is 1. The largest absolute Gasteiger partial charge is 0.296 e. The van der Waals surface area contributed by atoms with Crippen LogP contribution in [0, 0.1) is 0 Å². The maximum atomic E-state index is 6.22. The lowest BCUT2D eigenvalue weighted by Gasteiger charge is -2.36. The number of rotatable bonds is 4. The third-order valence-electron chi connectivity index (χ3n) is 3.56. The molecule has 17 heavy (non-hydrogen) atoms. The van der Waals surface area contributed by atoms with Gasteiger partial charge in [-0.3, -0.25) is 4.90 Å². The van der Waals surface area contributed by atoms with Gasteiger partial charge >= 0.3 is 0 Å². The second kappa shape index (κ2) is 6.36. The first-order valence-corrected chi connectivity index (χ1v) is 7.05. The van der Waals surface area contributed by atoms with Crippen LogP contribution in [0.4, 0.5) is 0 Å². The minimum Gasteiger partial charge on any atom is -0.296 e. The van der Waals surface area contributed by atoms with Crippen molar-refractivity contribution in [2.24, 2.45) is 0 Å². The summed E-state index contributed by atoms with van der Waals surface area (Å²) in [6.45, 7) is 4.64. The van der Waals surface area contributed by atoms with Gasteiger partial charge in [0.25, 0.3) is 0 Å². The molecule has 0 bridgehead atoms. The smallest absolute Gasteiger partial charge is 0.133 e. The van der Waals surface area contributed by atoms with E-state index in [0.29, 0.717) is 11.2 Å². The van der Waals surface area contributed by atoms with Gasteiger partial charge in [0.1, 0.15) is 5.15 Å².